The van der Waals surface area contributed by atoms with E-state index in [1.54, 1.807) is 4.90 Å². The second-order valence-corrected chi connectivity index (χ2v) is 6.49. The molecular weight excluding hydrogens is 300 g/mol. The summed E-state index contributed by atoms with van der Waals surface area (Å²) < 4.78 is 0. The van der Waals surface area contributed by atoms with Gasteiger partial charge >= 0.3 is 0 Å². The van der Waals surface area contributed by atoms with Gasteiger partial charge in [0.2, 0.25) is 16.9 Å². The van der Waals surface area contributed by atoms with Crippen molar-refractivity contribution >= 4 is 34.0 Å². The summed E-state index contributed by atoms with van der Waals surface area (Å²) in [6.07, 6.45) is 0.220. The average Bonchev–Trinajstić information content (AvgIpc) is 3.06. The number of nitrogens with zero attached hydrogens (tertiary/aromatic N) is 3. The predicted molar refractivity (Wildman–Crippen MR) is 84.9 cm³/mol. The number of benzene rings is 1. The largest absolute Gasteiger partial charge is 0.311 e. The van der Waals surface area contributed by atoms with E-state index in [9.17, 15) is 9.59 Å². The molecule has 2 heterocycles. The van der Waals surface area contributed by atoms with Gasteiger partial charge in [-0.25, -0.2) is 0 Å². The standard InChI is InChI=1S/C15H16N4O2S/c1-9-5-3-4-6-12(9)19-8-11(7-13(19)20)14(21)16-15-18-17-10(2)22-15/h3-6,11H,7-8H2,1-2H3,(H,16,18,21). The minimum atomic E-state index is -0.365. The van der Waals surface area contributed by atoms with E-state index in [4.69, 9.17) is 0 Å². The quantitative estimate of drug-likeness (QED) is 0.941. The predicted octanol–water partition coefficient (Wildman–Crippen LogP) is 2.15. The first kappa shape index (κ1) is 14.6. The molecule has 6 nitrogen and oxygen atoms in total. The number of hydrogen-bond donors (Lipinski definition) is 1. The molecule has 1 saturated heterocycles. The molecule has 0 saturated carbocycles. The van der Waals surface area contributed by atoms with Crippen molar-refractivity contribution in [3.05, 3.63) is 34.8 Å². The van der Waals surface area contributed by atoms with E-state index in [0.29, 0.717) is 11.7 Å². The highest BCUT2D eigenvalue weighted by molar-refractivity contribution is 7.15. The van der Waals surface area contributed by atoms with Crippen LogP contribution in [-0.2, 0) is 9.59 Å². The van der Waals surface area contributed by atoms with E-state index in [1.807, 2.05) is 38.1 Å². The third-order valence-electron chi connectivity index (χ3n) is 3.66. The number of hydrogen-bond acceptors (Lipinski definition) is 5. The third-order valence-corrected chi connectivity index (χ3v) is 4.41. The number of aromatic nitrogens is 2. The Hall–Kier alpha value is -2.28. The first-order chi connectivity index (χ1) is 10.5. The second-order valence-electron chi connectivity index (χ2n) is 5.31. The molecule has 1 aromatic heterocycles. The van der Waals surface area contributed by atoms with E-state index in [2.05, 4.69) is 15.5 Å². The van der Waals surface area contributed by atoms with Crippen LogP contribution in [0.4, 0.5) is 10.8 Å². The fourth-order valence-electron chi connectivity index (χ4n) is 2.54. The molecule has 2 aromatic rings. The number of rotatable bonds is 3. The second kappa shape index (κ2) is 5.84. The summed E-state index contributed by atoms with van der Waals surface area (Å²) >= 11 is 1.32. The maximum atomic E-state index is 12.3. The normalized spacial score (nSPS) is 17.8. The van der Waals surface area contributed by atoms with Gasteiger partial charge < -0.3 is 10.2 Å². The highest BCUT2D eigenvalue weighted by Crippen LogP contribution is 2.28. The number of carbonyl (C=O) groups is 2. The molecule has 0 radical (unpaired) electrons. The van der Waals surface area contributed by atoms with Crippen LogP contribution in [0.25, 0.3) is 0 Å². The monoisotopic (exact) mass is 316 g/mol. The summed E-state index contributed by atoms with van der Waals surface area (Å²) in [6.45, 7) is 4.18. The van der Waals surface area contributed by atoms with Gasteiger partial charge in [-0.1, -0.05) is 29.5 Å². The maximum Gasteiger partial charge on any atom is 0.231 e. The molecule has 1 fully saturated rings. The van der Waals surface area contributed by atoms with Crippen LogP contribution >= 0.6 is 11.3 Å². The lowest BCUT2D eigenvalue weighted by atomic mass is 10.1. The Labute approximate surface area is 132 Å². The summed E-state index contributed by atoms with van der Waals surface area (Å²) in [5.74, 6) is -0.570. The summed E-state index contributed by atoms with van der Waals surface area (Å²) in [6, 6.07) is 7.69. The van der Waals surface area contributed by atoms with Crippen LogP contribution in [0.3, 0.4) is 0 Å². The average molecular weight is 316 g/mol. The van der Waals surface area contributed by atoms with Crippen molar-refractivity contribution in [1.29, 1.82) is 0 Å². The van der Waals surface area contributed by atoms with Gasteiger partial charge in [0.15, 0.2) is 0 Å². The van der Waals surface area contributed by atoms with Crippen molar-refractivity contribution in [3.63, 3.8) is 0 Å². The Morgan fingerprint density at radius 1 is 1.32 bits per heavy atom. The fourth-order valence-corrected chi connectivity index (χ4v) is 3.13. The fraction of sp³-hybridized carbons (Fsp3) is 0.333. The zero-order valence-electron chi connectivity index (χ0n) is 12.4. The van der Waals surface area contributed by atoms with Gasteiger partial charge in [-0.15, -0.1) is 10.2 Å². The summed E-state index contributed by atoms with van der Waals surface area (Å²) in [7, 11) is 0. The van der Waals surface area contributed by atoms with Crippen LogP contribution < -0.4 is 10.2 Å². The SMILES string of the molecule is Cc1nnc(NC(=O)C2CC(=O)N(c3ccccc3C)C2)s1. The van der Waals surface area contributed by atoms with E-state index < -0.39 is 0 Å². The van der Waals surface area contributed by atoms with Crippen molar-refractivity contribution in [2.24, 2.45) is 5.92 Å². The molecule has 2 amide bonds. The van der Waals surface area contributed by atoms with Crippen molar-refractivity contribution in [2.75, 3.05) is 16.8 Å². The Bertz CT molecular complexity index is 728. The Kier molecular flexibility index (Phi) is 3.89. The van der Waals surface area contributed by atoms with Crippen molar-refractivity contribution < 1.29 is 9.59 Å². The molecule has 0 bridgehead atoms. The molecule has 0 aliphatic carbocycles. The van der Waals surface area contributed by atoms with Crippen LogP contribution in [0.2, 0.25) is 0 Å². The molecule has 114 valence electrons. The molecular formula is C15H16N4O2S. The van der Waals surface area contributed by atoms with Gasteiger partial charge in [-0.05, 0) is 25.5 Å². The number of nitrogens with one attached hydrogen (secondary N) is 1. The lowest BCUT2D eigenvalue weighted by molar-refractivity contribution is -0.122. The van der Waals surface area contributed by atoms with Gasteiger partial charge in [0.05, 0.1) is 5.92 Å². The Morgan fingerprint density at radius 2 is 2.09 bits per heavy atom. The summed E-state index contributed by atoms with van der Waals surface area (Å²) in [4.78, 5) is 26.2. The van der Waals surface area contributed by atoms with Crippen LogP contribution in [0.5, 0.6) is 0 Å². The molecule has 0 spiro atoms. The zero-order valence-corrected chi connectivity index (χ0v) is 13.2. The topological polar surface area (TPSA) is 75.2 Å². The van der Waals surface area contributed by atoms with Gasteiger partial charge in [0, 0.05) is 18.7 Å². The van der Waals surface area contributed by atoms with Crippen molar-refractivity contribution in [2.45, 2.75) is 20.3 Å². The minimum Gasteiger partial charge on any atom is -0.311 e. The van der Waals surface area contributed by atoms with E-state index in [0.717, 1.165) is 16.3 Å². The Balaban J connectivity index is 1.71. The highest BCUT2D eigenvalue weighted by atomic mass is 32.1. The van der Waals surface area contributed by atoms with Crippen molar-refractivity contribution in [3.8, 4) is 0 Å². The van der Waals surface area contributed by atoms with E-state index in [1.165, 1.54) is 11.3 Å². The number of amides is 2. The zero-order chi connectivity index (χ0) is 15.7. The van der Waals surface area contributed by atoms with Crippen LogP contribution in [-0.4, -0.2) is 28.6 Å². The molecule has 3 rings (SSSR count). The van der Waals surface area contributed by atoms with Gasteiger partial charge in [-0.3, -0.25) is 9.59 Å². The minimum absolute atomic E-state index is 0.0251. The van der Waals surface area contributed by atoms with E-state index >= 15 is 0 Å². The highest BCUT2D eigenvalue weighted by Gasteiger charge is 2.35. The molecule has 1 N–H and O–H groups in total. The summed E-state index contributed by atoms with van der Waals surface area (Å²) in [5, 5.41) is 11.7. The first-order valence-corrected chi connectivity index (χ1v) is 7.83. The molecule has 1 aliphatic rings. The van der Waals surface area contributed by atoms with Crippen LogP contribution in [0.1, 0.15) is 17.0 Å². The van der Waals surface area contributed by atoms with Crippen molar-refractivity contribution in [1.82, 2.24) is 10.2 Å². The van der Waals surface area contributed by atoms with E-state index in [-0.39, 0.29) is 24.2 Å². The first-order valence-electron chi connectivity index (χ1n) is 7.01. The smallest absolute Gasteiger partial charge is 0.231 e. The molecule has 1 atom stereocenters. The lowest BCUT2D eigenvalue weighted by Crippen LogP contribution is -2.28. The number of carbonyl (C=O) groups excluding carboxylic acids is 2. The van der Waals surface area contributed by atoms with Gasteiger partial charge in [0.25, 0.3) is 0 Å². The Morgan fingerprint density at radius 3 is 2.77 bits per heavy atom. The summed E-state index contributed by atoms with van der Waals surface area (Å²) in [5.41, 5.74) is 1.89. The maximum absolute atomic E-state index is 12.3. The molecule has 22 heavy (non-hydrogen) atoms. The molecule has 7 heteroatoms. The van der Waals surface area contributed by atoms with Crippen LogP contribution in [0, 0.1) is 19.8 Å². The van der Waals surface area contributed by atoms with Gasteiger partial charge in [-0.2, -0.15) is 0 Å². The molecule has 1 aliphatic heterocycles. The number of anilines is 2. The third kappa shape index (κ3) is 2.85. The number of aryl methyl sites for hydroxylation is 2. The molecule has 1 unspecified atom stereocenters. The number of para-hydroxylation sites is 1. The molecule has 1 aromatic carbocycles. The van der Waals surface area contributed by atoms with Crippen LogP contribution in [0.15, 0.2) is 24.3 Å². The lowest BCUT2D eigenvalue weighted by Gasteiger charge is -2.18. The van der Waals surface area contributed by atoms with Gasteiger partial charge in [0.1, 0.15) is 5.01 Å².